The average Bonchev–Trinajstić information content (AvgIpc) is 2.69. The second-order valence-corrected chi connectivity index (χ2v) is 7.59. The number of ether oxygens (including phenoxy) is 1. The number of sulfonamides is 1. The summed E-state index contributed by atoms with van der Waals surface area (Å²) in [6.07, 6.45) is 4.15. The Bertz CT molecular complexity index is 1150. The van der Waals surface area contributed by atoms with Crippen molar-refractivity contribution in [2.45, 2.75) is 11.8 Å². The fraction of sp³-hybridized carbons (Fsp3) is 0.0526. The summed E-state index contributed by atoms with van der Waals surface area (Å²) in [6.45, 7) is 1.84. The smallest absolute Gasteiger partial charge is 0.278 e. The van der Waals surface area contributed by atoms with Crippen LogP contribution >= 0.6 is 0 Å². The fourth-order valence-electron chi connectivity index (χ4n) is 2.34. The molecule has 148 valence electrons. The highest BCUT2D eigenvalue weighted by Crippen LogP contribution is 2.26. The van der Waals surface area contributed by atoms with E-state index in [1.165, 1.54) is 30.3 Å². The predicted molar refractivity (Wildman–Crippen MR) is 107 cm³/mol. The first-order chi connectivity index (χ1) is 13.8. The minimum Gasteiger partial charge on any atom is -0.457 e. The summed E-state index contributed by atoms with van der Waals surface area (Å²) in [5.74, 6) is 0.821. The van der Waals surface area contributed by atoms with E-state index in [1.807, 2.05) is 11.8 Å². The van der Waals surface area contributed by atoms with E-state index in [4.69, 9.17) is 4.74 Å². The maximum absolute atomic E-state index is 12.3. The van der Waals surface area contributed by atoms with Crippen LogP contribution in [0.5, 0.6) is 11.5 Å². The molecule has 3 rings (SSSR count). The number of nitrogens with zero attached hydrogens (tertiary/aromatic N) is 3. The number of hydrogen-bond acceptors (Lipinski definition) is 7. The van der Waals surface area contributed by atoms with Crippen molar-refractivity contribution in [2.24, 2.45) is 5.10 Å². The minimum atomic E-state index is -3.89. The molecule has 0 aliphatic rings. The normalized spacial score (nSPS) is 11.3. The number of aromatic nitrogens is 1. The molecular formula is C19H16N4O5S. The van der Waals surface area contributed by atoms with Gasteiger partial charge in [-0.15, -0.1) is 0 Å². The van der Waals surface area contributed by atoms with Crippen molar-refractivity contribution in [3.63, 3.8) is 0 Å². The van der Waals surface area contributed by atoms with Crippen LogP contribution in [0.4, 0.5) is 5.69 Å². The van der Waals surface area contributed by atoms with Crippen molar-refractivity contribution < 1.29 is 18.1 Å². The average molecular weight is 412 g/mol. The topological polar surface area (TPSA) is 124 Å². The van der Waals surface area contributed by atoms with Gasteiger partial charge in [-0.3, -0.25) is 15.1 Å². The summed E-state index contributed by atoms with van der Waals surface area (Å²) in [6, 6.07) is 13.5. The van der Waals surface area contributed by atoms with Crippen molar-refractivity contribution in [2.75, 3.05) is 0 Å². The van der Waals surface area contributed by atoms with Crippen LogP contribution < -0.4 is 9.57 Å². The monoisotopic (exact) mass is 412 g/mol. The summed E-state index contributed by atoms with van der Waals surface area (Å²) in [7, 11) is -3.89. The molecule has 0 aliphatic carbocycles. The summed E-state index contributed by atoms with van der Waals surface area (Å²) in [4.78, 5) is 16.6. The summed E-state index contributed by atoms with van der Waals surface area (Å²) < 4.78 is 30.2. The van der Waals surface area contributed by atoms with E-state index in [-0.39, 0.29) is 16.1 Å². The summed E-state index contributed by atoms with van der Waals surface area (Å²) >= 11 is 0. The van der Waals surface area contributed by atoms with Gasteiger partial charge in [0.2, 0.25) is 0 Å². The molecule has 1 N–H and O–H groups in total. The number of nitrogens with one attached hydrogen (secondary N) is 1. The molecule has 1 aromatic heterocycles. The molecule has 0 amide bonds. The maximum atomic E-state index is 12.3. The minimum absolute atomic E-state index is 0.0320. The molecule has 0 unspecified atom stereocenters. The van der Waals surface area contributed by atoms with Crippen LogP contribution in [0.25, 0.3) is 0 Å². The Balaban J connectivity index is 1.83. The Hall–Kier alpha value is -3.79. The Labute approximate surface area is 166 Å². The zero-order chi connectivity index (χ0) is 20.9. The largest absolute Gasteiger partial charge is 0.457 e. The predicted octanol–water partition coefficient (Wildman–Crippen LogP) is 3.40. The van der Waals surface area contributed by atoms with Crippen molar-refractivity contribution in [3.8, 4) is 11.5 Å². The Morgan fingerprint density at radius 3 is 2.41 bits per heavy atom. The van der Waals surface area contributed by atoms with Crippen LogP contribution in [-0.2, 0) is 10.0 Å². The molecular weight excluding hydrogens is 396 g/mol. The van der Waals surface area contributed by atoms with Gasteiger partial charge in [-0.2, -0.15) is 13.5 Å². The number of hydrogen-bond donors (Lipinski definition) is 1. The van der Waals surface area contributed by atoms with Crippen LogP contribution in [0.1, 0.15) is 11.1 Å². The number of rotatable bonds is 7. The first kappa shape index (κ1) is 20.0. The first-order valence-corrected chi connectivity index (χ1v) is 9.81. The van der Waals surface area contributed by atoms with Crippen LogP contribution in [0.3, 0.4) is 0 Å². The van der Waals surface area contributed by atoms with Gasteiger partial charge in [0.05, 0.1) is 21.6 Å². The molecule has 0 radical (unpaired) electrons. The highest BCUT2D eigenvalue weighted by molar-refractivity contribution is 7.89. The molecule has 0 aliphatic heterocycles. The highest BCUT2D eigenvalue weighted by atomic mass is 32.2. The van der Waals surface area contributed by atoms with Crippen LogP contribution in [0, 0.1) is 17.0 Å². The molecule has 0 fully saturated rings. The van der Waals surface area contributed by atoms with E-state index in [0.717, 1.165) is 11.8 Å². The van der Waals surface area contributed by atoms with E-state index >= 15 is 0 Å². The van der Waals surface area contributed by atoms with Crippen molar-refractivity contribution in [1.29, 1.82) is 0 Å². The third-order valence-electron chi connectivity index (χ3n) is 3.79. The number of benzene rings is 2. The molecule has 29 heavy (non-hydrogen) atoms. The van der Waals surface area contributed by atoms with Gasteiger partial charge in [-0.1, -0.05) is 17.7 Å². The lowest BCUT2D eigenvalue weighted by Crippen LogP contribution is -2.18. The van der Waals surface area contributed by atoms with E-state index in [9.17, 15) is 18.5 Å². The summed E-state index contributed by atoms with van der Waals surface area (Å²) in [5.41, 5.74) is 0.743. The summed E-state index contributed by atoms with van der Waals surface area (Å²) in [5, 5.41) is 14.9. The molecule has 2 aromatic carbocycles. The maximum Gasteiger partial charge on any atom is 0.278 e. The molecule has 10 heteroatoms. The van der Waals surface area contributed by atoms with Gasteiger partial charge in [0.15, 0.2) is 0 Å². The zero-order valence-electron chi connectivity index (χ0n) is 15.2. The fourth-order valence-corrected chi connectivity index (χ4v) is 3.13. The third kappa shape index (κ3) is 5.14. The van der Waals surface area contributed by atoms with E-state index < -0.39 is 14.9 Å². The molecule has 0 bridgehead atoms. The lowest BCUT2D eigenvalue weighted by molar-refractivity contribution is -0.385. The second-order valence-electron chi connectivity index (χ2n) is 5.93. The second kappa shape index (κ2) is 8.48. The number of aryl methyl sites for hydroxylation is 1. The van der Waals surface area contributed by atoms with Gasteiger partial charge >= 0.3 is 0 Å². The zero-order valence-corrected chi connectivity index (χ0v) is 16.0. The molecule has 1 heterocycles. The standard InChI is InChI=1S/C19H16N4O5S/c1-14-2-5-18(6-3-14)29(26,27)22-21-13-15-12-17(4-7-19(15)23(24)25)28-16-8-10-20-11-9-16/h2-13,22H,1H3/b21-13-. The number of nitro benzene ring substituents is 1. The van der Waals surface area contributed by atoms with Crippen molar-refractivity contribution in [1.82, 2.24) is 9.82 Å². The molecule has 0 atom stereocenters. The Morgan fingerprint density at radius 2 is 1.76 bits per heavy atom. The van der Waals surface area contributed by atoms with Crippen molar-refractivity contribution >= 4 is 21.9 Å². The van der Waals surface area contributed by atoms with Crippen LogP contribution in [0.2, 0.25) is 0 Å². The third-order valence-corrected chi connectivity index (χ3v) is 5.03. The molecule has 0 saturated heterocycles. The Morgan fingerprint density at radius 1 is 1.07 bits per heavy atom. The Kier molecular flexibility index (Phi) is 5.84. The highest BCUT2D eigenvalue weighted by Gasteiger charge is 2.15. The molecule has 9 nitrogen and oxygen atoms in total. The molecule has 0 saturated carbocycles. The van der Waals surface area contributed by atoms with E-state index in [2.05, 4.69) is 10.1 Å². The number of pyridine rings is 1. The van der Waals surface area contributed by atoms with Gasteiger partial charge in [0.25, 0.3) is 15.7 Å². The van der Waals surface area contributed by atoms with Crippen LogP contribution in [0.15, 0.2) is 77.0 Å². The van der Waals surface area contributed by atoms with Gasteiger partial charge < -0.3 is 4.74 Å². The van der Waals surface area contributed by atoms with E-state index in [1.54, 1.807) is 36.7 Å². The quantitative estimate of drug-likeness (QED) is 0.360. The van der Waals surface area contributed by atoms with Crippen molar-refractivity contribution in [3.05, 3.63) is 88.2 Å². The van der Waals surface area contributed by atoms with Crippen LogP contribution in [-0.4, -0.2) is 24.5 Å². The number of nitro groups is 1. The molecule has 0 spiro atoms. The first-order valence-electron chi connectivity index (χ1n) is 8.33. The van der Waals surface area contributed by atoms with Gasteiger partial charge in [-0.25, -0.2) is 4.83 Å². The molecule has 3 aromatic rings. The SMILES string of the molecule is Cc1ccc(S(=O)(=O)N/N=C\c2cc(Oc3ccncc3)ccc2[N+](=O)[O-])cc1. The van der Waals surface area contributed by atoms with E-state index in [0.29, 0.717) is 11.5 Å². The van der Waals surface area contributed by atoms with Gasteiger partial charge in [-0.05, 0) is 43.3 Å². The lowest BCUT2D eigenvalue weighted by Gasteiger charge is -2.07. The van der Waals surface area contributed by atoms with Gasteiger partial charge in [0, 0.05) is 18.5 Å². The van der Waals surface area contributed by atoms with Gasteiger partial charge in [0.1, 0.15) is 11.5 Å². The lowest BCUT2D eigenvalue weighted by atomic mass is 10.2. The number of hydrazone groups is 1.